The number of nitrogens with zero attached hydrogens (tertiary/aromatic N) is 4. The molecule has 9 heteroatoms. The molecule has 1 atom stereocenters. The lowest BCUT2D eigenvalue weighted by Crippen LogP contribution is -2.49. The van der Waals surface area contributed by atoms with E-state index in [2.05, 4.69) is 20.4 Å². The van der Waals surface area contributed by atoms with Crippen molar-refractivity contribution < 1.29 is 13.7 Å². The van der Waals surface area contributed by atoms with E-state index in [9.17, 15) is 4.79 Å². The summed E-state index contributed by atoms with van der Waals surface area (Å²) in [5.74, 6) is 1.63. The first-order valence-electron chi connectivity index (χ1n) is 8.88. The summed E-state index contributed by atoms with van der Waals surface area (Å²) in [5.41, 5.74) is 0. The molecule has 1 N–H and O–H groups in total. The Morgan fingerprint density at radius 3 is 2.92 bits per heavy atom. The van der Waals surface area contributed by atoms with E-state index in [1.165, 1.54) is 0 Å². The van der Waals surface area contributed by atoms with E-state index in [0.717, 1.165) is 45.7 Å². The summed E-state index contributed by atoms with van der Waals surface area (Å²) in [6.45, 7) is 5.91. The van der Waals surface area contributed by atoms with Crippen LogP contribution >= 0.6 is 12.4 Å². The Morgan fingerprint density at radius 2 is 2.15 bits per heavy atom. The maximum Gasteiger partial charge on any atom is 0.238 e. The highest BCUT2D eigenvalue weighted by Gasteiger charge is 2.30. The normalized spacial score (nSPS) is 20.9. The first-order valence-corrected chi connectivity index (χ1v) is 8.88. The average molecular weight is 382 g/mol. The predicted octanol–water partition coefficient (Wildman–Crippen LogP) is 1.19. The second kappa shape index (κ2) is 8.66. The zero-order valence-corrected chi connectivity index (χ0v) is 15.4. The maximum atomic E-state index is 12.5. The molecule has 4 rings (SSSR count). The van der Waals surface area contributed by atoms with E-state index >= 15 is 0 Å². The second-order valence-corrected chi connectivity index (χ2v) is 6.56. The van der Waals surface area contributed by atoms with Crippen LogP contribution in [-0.4, -0.2) is 71.2 Å². The van der Waals surface area contributed by atoms with E-state index in [-0.39, 0.29) is 18.3 Å². The topological polar surface area (TPSA) is 87.6 Å². The van der Waals surface area contributed by atoms with E-state index < -0.39 is 0 Å². The lowest BCUT2D eigenvalue weighted by atomic mass is 10.2. The molecule has 26 heavy (non-hydrogen) atoms. The quantitative estimate of drug-likeness (QED) is 0.832. The van der Waals surface area contributed by atoms with Gasteiger partial charge in [0, 0.05) is 58.2 Å². The number of carbonyl (C=O) groups excluding carboxylic acids is 1. The highest BCUT2D eigenvalue weighted by Crippen LogP contribution is 2.19. The van der Waals surface area contributed by atoms with Crippen molar-refractivity contribution >= 4 is 18.3 Å². The Labute approximate surface area is 158 Å². The summed E-state index contributed by atoms with van der Waals surface area (Å²) in [6.07, 6.45) is 3.49. The Hall–Kier alpha value is -1.90. The Bertz CT molecular complexity index is 699. The summed E-state index contributed by atoms with van der Waals surface area (Å²) in [6, 6.07) is 4.05. The number of furan rings is 1. The lowest BCUT2D eigenvalue weighted by Gasteiger charge is -2.32. The van der Waals surface area contributed by atoms with Crippen molar-refractivity contribution in [3.8, 4) is 11.6 Å². The molecule has 142 valence electrons. The number of nitrogens with one attached hydrogen (secondary N) is 1. The number of aromatic nitrogens is 2. The Kier molecular flexibility index (Phi) is 6.29. The second-order valence-electron chi connectivity index (χ2n) is 6.56. The molecule has 2 aliphatic rings. The zero-order chi connectivity index (χ0) is 17.1. The van der Waals surface area contributed by atoms with Gasteiger partial charge in [0.05, 0.1) is 6.26 Å². The van der Waals surface area contributed by atoms with Crippen LogP contribution < -0.4 is 5.32 Å². The molecule has 4 heterocycles. The fraction of sp³-hybridized carbons (Fsp3) is 0.588. The third-order valence-electron chi connectivity index (χ3n) is 4.95. The van der Waals surface area contributed by atoms with Gasteiger partial charge >= 0.3 is 0 Å². The van der Waals surface area contributed by atoms with Crippen molar-refractivity contribution in [2.45, 2.75) is 25.3 Å². The molecule has 2 aliphatic heterocycles. The van der Waals surface area contributed by atoms with E-state index in [4.69, 9.17) is 8.94 Å². The highest BCUT2D eigenvalue weighted by atomic mass is 35.5. The molecule has 0 spiro atoms. The molecule has 2 saturated heterocycles. The van der Waals surface area contributed by atoms with E-state index in [1.54, 1.807) is 18.4 Å². The minimum atomic E-state index is 0. The number of rotatable bonds is 5. The number of amides is 1. The molecule has 0 aliphatic carbocycles. The van der Waals surface area contributed by atoms with Gasteiger partial charge in [-0.25, -0.2) is 0 Å². The number of likely N-dealkylation sites (tertiary alicyclic amines) is 1. The van der Waals surface area contributed by atoms with Gasteiger partial charge < -0.3 is 19.2 Å². The van der Waals surface area contributed by atoms with Crippen LogP contribution in [-0.2, 0) is 11.2 Å². The standard InChI is InChI=1S/C17H23N5O3.ClH/c23-16(22-8-5-13(12-22)21-9-6-18-7-10-21)4-3-15-19-17(20-25-15)14-2-1-11-24-14;/h1-2,11,13,18H,3-10,12H2;1H. The molecule has 2 aromatic heterocycles. The molecule has 0 radical (unpaired) electrons. The summed E-state index contributed by atoms with van der Waals surface area (Å²) >= 11 is 0. The van der Waals surface area contributed by atoms with Crippen LogP contribution in [0, 0.1) is 0 Å². The molecule has 1 unspecified atom stereocenters. The molecule has 2 aromatic rings. The van der Waals surface area contributed by atoms with Crippen LogP contribution in [0.15, 0.2) is 27.3 Å². The summed E-state index contributed by atoms with van der Waals surface area (Å²) < 4.78 is 10.5. The van der Waals surface area contributed by atoms with Crippen molar-refractivity contribution in [2.24, 2.45) is 0 Å². The van der Waals surface area contributed by atoms with Crippen LogP contribution in [0.3, 0.4) is 0 Å². The third-order valence-corrected chi connectivity index (χ3v) is 4.95. The number of halogens is 1. The molecular formula is C17H24ClN5O3. The van der Waals surface area contributed by atoms with Gasteiger partial charge in [-0.15, -0.1) is 12.4 Å². The fourth-order valence-corrected chi connectivity index (χ4v) is 3.55. The van der Waals surface area contributed by atoms with Gasteiger partial charge in [-0.1, -0.05) is 5.16 Å². The summed E-state index contributed by atoms with van der Waals surface area (Å²) in [7, 11) is 0. The monoisotopic (exact) mass is 381 g/mol. The predicted molar refractivity (Wildman–Crippen MR) is 97.0 cm³/mol. The molecule has 0 saturated carbocycles. The molecule has 1 amide bonds. The third kappa shape index (κ3) is 4.25. The smallest absolute Gasteiger partial charge is 0.238 e. The van der Waals surface area contributed by atoms with Crippen LogP contribution in [0.5, 0.6) is 0 Å². The average Bonchev–Trinajstić information content (AvgIpc) is 3.41. The highest BCUT2D eigenvalue weighted by molar-refractivity contribution is 5.85. The Morgan fingerprint density at radius 1 is 1.31 bits per heavy atom. The van der Waals surface area contributed by atoms with Gasteiger partial charge in [-0.05, 0) is 18.6 Å². The number of hydrogen-bond donors (Lipinski definition) is 1. The number of hydrogen-bond acceptors (Lipinski definition) is 7. The van der Waals surface area contributed by atoms with Crippen LogP contribution in [0.4, 0.5) is 0 Å². The molecule has 2 fully saturated rings. The van der Waals surface area contributed by atoms with E-state index in [1.807, 2.05) is 4.90 Å². The van der Waals surface area contributed by atoms with Gasteiger partial charge in [0.25, 0.3) is 0 Å². The summed E-state index contributed by atoms with van der Waals surface area (Å²) in [4.78, 5) is 21.2. The van der Waals surface area contributed by atoms with E-state index in [0.29, 0.717) is 36.4 Å². The van der Waals surface area contributed by atoms with Crippen molar-refractivity contribution in [1.29, 1.82) is 0 Å². The Balaban J connectivity index is 0.00000196. The van der Waals surface area contributed by atoms with Crippen molar-refractivity contribution in [2.75, 3.05) is 39.3 Å². The zero-order valence-electron chi connectivity index (χ0n) is 14.6. The molecular weight excluding hydrogens is 358 g/mol. The number of piperazine rings is 1. The minimum Gasteiger partial charge on any atom is -0.461 e. The number of carbonyl (C=O) groups is 1. The van der Waals surface area contributed by atoms with Crippen LogP contribution in [0.25, 0.3) is 11.6 Å². The van der Waals surface area contributed by atoms with Crippen molar-refractivity contribution in [3.05, 3.63) is 24.3 Å². The van der Waals surface area contributed by atoms with Crippen molar-refractivity contribution in [1.82, 2.24) is 25.3 Å². The van der Waals surface area contributed by atoms with Gasteiger partial charge in [-0.3, -0.25) is 9.69 Å². The maximum absolute atomic E-state index is 12.5. The number of aryl methyl sites for hydroxylation is 1. The van der Waals surface area contributed by atoms with Crippen LogP contribution in [0.1, 0.15) is 18.7 Å². The molecule has 0 bridgehead atoms. The molecule has 0 aromatic carbocycles. The van der Waals surface area contributed by atoms with Crippen molar-refractivity contribution in [3.63, 3.8) is 0 Å². The fourth-order valence-electron chi connectivity index (χ4n) is 3.55. The SMILES string of the molecule is Cl.O=C(CCc1nc(-c2ccco2)no1)N1CCC(N2CCNCC2)C1. The van der Waals surface area contributed by atoms with Gasteiger partial charge in [0.1, 0.15) is 0 Å². The van der Waals surface area contributed by atoms with Crippen LogP contribution in [0.2, 0.25) is 0 Å². The first kappa shape index (κ1) is 18.9. The van der Waals surface area contributed by atoms with Gasteiger partial charge in [0.15, 0.2) is 5.76 Å². The first-order chi connectivity index (χ1) is 12.3. The summed E-state index contributed by atoms with van der Waals surface area (Å²) in [5, 5.41) is 7.26. The molecule has 8 nitrogen and oxygen atoms in total. The van der Waals surface area contributed by atoms with Gasteiger partial charge in [-0.2, -0.15) is 4.98 Å². The lowest BCUT2D eigenvalue weighted by molar-refractivity contribution is -0.130. The largest absolute Gasteiger partial charge is 0.461 e. The minimum absolute atomic E-state index is 0. The van der Waals surface area contributed by atoms with Gasteiger partial charge in [0.2, 0.25) is 17.6 Å².